The Balaban J connectivity index is 1.90. The van der Waals surface area contributed by atoms with Gasteiger partial charge in [-0.15, -0.1) is 0 Å². The van der Waals surface area contributed by atoms with Gasteiger partial charge >= 0.3 is 5.97 Å². The maximum Gasteiger partial charge on any atom is 0.333 e. The average Bonchev–Trinajstić information content (AvgIpc) is 2.64. The minimum atomic E-state index is -0.244. The molecule has 0 aromatic rings. The Labute approximate surface area is 163 Å². The van der Waals surface area contributed by atoms with Crippen molar-refractivity contribution in [2.45, 2.75) is 117 Å². The number of unbranched alkanes of at least 4 members (excludes halogenated alkanes) is 8. The van der Waals surface area contributed by atoms with Crippen LogP contribution in [0.25, 0.3) is 0 Å². The van der Waals surface area contributed by atoms with Crippen LogP contribution in [0.5, 0.6) is 0 Å². The first-order chi connectivity index (χ1) is 12.6. The third kappa shape index (κ3) is 11.8. The number of esters is 1. The Bertz CT molecular complexity index is 366. The van der Waals surface area contributed by atoms with Crippen molar-refractivity contribution in [3.8, 4) is 0 Å². The minimum absolute atomic E-state index is 0.244. The van der Waals surface area contributed by atoms with E-state index in [9.17, 15) is 4.79 Å². The largest absolute Gasteiger partial charge is 0.462 e. The van der Waals surface area contributed by atoms with Gasteiger partial charge in [0.05, 0.1) is 6.61 Å². The van der Waals surface area contributed by atoms with Crippen molar-refractivity contribution in [1.82, 2.24) is 0 Å². The fraction of sp³-hybridized carbons (Fsp3) is 0.875. The van der Waals surface area contributed by atoms with Gasteiger partial charge in [0.15, 0.2) is 0 Å². The van der Waals surface area contributed by atoms with Gasteiger partial charge in [-0.05, 0) is 31.6 Å². The summed E-state index contributed by atoms with van der Waals surface area (Å²) in [5.41, 5.74) is 0.500. The van der Waals surface area contributed by atoms with E-state index in [-0.39, 0.29) is 5.97 Å². The van der Waals surface area contributed by atoms with Crippen molar-refractivity contribution in [3.63, 3.8) is 0 Å². The van der Waals surface area contributed by atoms with Crippen molar-refractivity contribution in [2.75, 3.05) is 6.61 Å². The fourth-order valence-electron chi connectivity index (χ4n) is 4.20. The molecule has 1 saturated carbocycles. The van der Waals surface area contributed by atoms with Crippen LogP contribution < -0.4 is 0 Å². The molecule has 2 heteroatoms. The van der Waals surface area contributed by atoms with Crippen LogP contribution in [0.4, 0.5) is 0 Å². The topological polar surface area (TPSA) is 26.3 Å². The lowest BCUT2D eigenvalue weighted by Crippen LogP contribution is -2.15. The molecule has 0 spiro atoms. The summed E-state index contributed by atoms with van der Waals surface area (Å²) in [6, 6.07) is 0. The molecule has 1 rings (SSSR count). The lowest BCUT2D eigenvalue weighted by molar-refractivity contribution is -0.139. The van der Waals surface area contributed by atoms with Crippen molar-refractivity contribution >= 4 is 5.97 Å². The predicted molar refractivity (Wildman–Crippen MR) is 112 cm³/mol. The lowest BCUT2D eigenvalue weighted by Gasteiger charge is -2.28. The molecule has 0 atom stereocenters. The molecule has 0 unspecified atom stereocenters. The van der Waals surface area contributed by atoms with Gasteiger partial charge in [-0.1, -0.05) is 103 Å². The van der Waals surface area contributed by atoms with E-state index in [4.69, 9.17) is 4.74 Å². The molecule has 26 heavy (non-hydrogen) atoms. The first-order valence-corrected chi connectivity index (χ1v) is 11.5. The first-order valence-electron chi connectivity index (χ1n) is 11.5. The molecular formula is C24H44O2. The van der Waals surface area contributed by atoms with Crippen molar-refractivity contribution in [1.29, 1.82) is 0 Å². The predicted octanol–water partition coefficient (Wildman–Crippen LogP) is 7.61. The van der Waals surface area contributed by atoms with Crippen LogP contribution in [0.2, 0.25) is 0 Å². The van der Waals surface area contributed by atoms with Crippen molar-refractivity contribution < 1.29 is 9.53 Å². The number of carbonyl (C=O) groups excluding carboxylic acids is 1. The fourth-order valence-corrected chi connectivity index (χ4v) is 4.20. The maximum absolute atomic E-state index is 11.3. The summed E-state index contributed by atoms with van der Waals surface area (Å²) in [6.07, 6.45) is 22.2. The van der Waals surface area contributed by atoms with Crippen LogP contribution in [0.1, 0.15) is 117 Å². The number of rotatable bonds is 15. The van der Waals surface area contributed by atoms with E-state index >= 15 is 0 Å². The van der Waals surface area contributed by atoms with Gasteiger partial charge in [-0.3, -0.25) is 0 Å². The summed E-state index contributed by atoms with van der Waals surface area (Å²) >= 11 is 0. The number of hydrogen-bond donors (Lipinski definition) is 0. The number of carbonyl (C=O) groups is 1. The molecule has 0 saturated heterocycles. The molecule has 0 radical (unpaired) electrons. The van der Waals surface area contributed by atoms with E-state index in [1.165, 1.54) is 96.3 Å². The Morgan fingerprint density at radius 1 is 0.808 bits per heavy atom. The second-order valence-electron chi connectivity index (χ2n) is 8.56. The quantitative estimate of drug-likeness (QED) is 0.170. The molecule has 0 heterocycles. The van der Waals surface area contributed by atoms with Crippen LogP contribution in [0.15, 0.2) is 12.2 Å². The highest BCUT2D eigenvalue weighted by Crippen LogP contribution is 2.34. The van der Waals surface area contributed by atoms with Gasteiger partial charge in [0, 0.05) is 5.57 Å². The molecule has 0 N–H and O–H groups in total. The number of ether oxygens (including phenoxy) is 1. The summed E-state index contributed by atoms with van der Waals surface area (Å²) in [4.78, 5) is 11.3. The molecular weight excluding hydrogens is 320 g/mol. The molecule has 1 aliphatic carbocycles. The SMILES string of the molecule is C=C(C)C(=O)OCCCCC1CCC(CCCCCCCCCC)CC1. The Morgan fingerprint density at radius 3 is 1.77 bits per heavy atom. The highest BCUT2D eigenvalue weighted by molar-refractivity contribution is 5.86. The first kappa shape index (κ1) is 23.2. The molecule has 0 amide bonds. The van der Waals surface area contributed by atoms with E-state index in [2.05, 4.69) is 13.5 Å². The van der Waals surface area contributed by atoms with E-state index < -0.39 is 0 Å². The van der Waals surface area contributed by atoms with Gasteiger partial charge in [-0.2, -0.15) is 0 Å². The average molecular weight is 365 g/mol. The Hall–Kier alpha value is -0.790. The van der Waals surface area contributed by atoms with E-state index in [0.29, 0.717) is 12.2 Å². The highest BCUT2D eigenvalue weighted by Gasteiger charge is 2.20. The second-order valence-corrected chi connectivity index (χ2v) is 8.56. The summed E-state index contributed by atoms with van der Waals surface area (Å²) in [5, 5.41) is 0. The second kappa shape index (κ2) is 15.3. The zero-order chi connectivity index (χ0) is 19.0. The van der Waals surface area contributed by atoms with Gasteiger partial charge in [0.25, 0.3) is 0 Å². The molecule has 1 aliphatic rings. The third-order valence-corrected chi connectivity index (χ3v) is 6.02. The van der Waals surface area contributed by atoms with Gasteiger partial charge in [0.1, 0.15) is 0 Å². The van der Waals surface area contributed by atoms with E-state index in [1.807, 2.05) is 0 Å². The standard InChI is InChI=1S/C24H44O2/c1-4-5-6-7-8-9-10-11-14-22-16-18-23(19-17-22)15-12-13-20-26-24(25)21(2)3/h22-23H,2,4-20H2,1,3H3. The van der Waals surface area contributed by atoms with Crippen LogP contribution in [-0.4, -0.2) is 12.6 Å². The zero-order valence-corrected chi connectivity index (χ0v) is 17.7. The third-order valence-electron chi connectivity index (χ3n) is 6.02. The molecule has 0 aromatic heterocycles. The van der Waals surface area contributed by atoms with Gasteiger partial charge in [-0.25, -0.2) is 4.79 Å². The maximum atomic E-state index is 11.3. The van der Waals surface area contributed by atoms with Gasteiger partial charge in [0.2, 0.25) is 0 Å². The molecule has 0 aromatic carbocycles. The van der Waals surface area contributed by atoms with Crippen LogP contribution in [0.3, 0.4) is 0 Å². The summed E-state index contributed by atoms with van der Waals surface area (Å²) in [5.74, 6) is 1.68. The van der Waals surface area contributed by atoms with E-state index in [0.717, 1.165) is 18.3 Å². The summed E-state index contributed by atoms with van der Waals surface area (Å²) in [7, 11) is 0. The van der Waals surface area contributed by atoms with Gasteiger partial charge < -0.3 is 4.74 Å². The van der Waals surface area contributed by atoms with Crippen LogP contribution >= 0.6 is 0 Å². The van der Waals surface area contributed by atoms with Crippen LogP contribution in [-0.2, 0) is 9.53 Å². The minimum Gasteiger partial charge on any atom is -0.462 e. The molecule has 152 valence electrons. The highest BCUT2D eigenvalue weighted by atomic mass is 16.5. The molecule has 1 fully saturated rings. The monoisotopic (exact) mass is 364 g/mol. The molecule has 0 aliphatic heterocycles. The zero-order valence-electron chi connectivity index (χ0n) is 17.7. The Kier molecular flexibility index (Phi) is 13.7. The number of hydrogen-bond acceptors (Lipinski definition) is 2. The lowest BCUT2D eigenvalue weighted by atomic mass is 9.78. The summed E-state index contributed by atoms with van der Waals surface area (Å²) < 4.78 is 5.16. The molecule has 0 bridgehead atoms. The Morgan fingerprint density at radius 2 is 1.27 bits per heavy atom. The van der Waals surface area contributed by atoms with Crippen molar-refractivity contribution in [2.24, 2.45) is 11.8 Å². The normalized spacial score (nSPS) is 20.1. The smallest absolute Gasteiger partial charge is 0.333 e. The van der Waals surface area contributed by atoms with Crippen LogP contribution in [0, 0.1) is 11.8 Å². The van der Waals surface area contributed by atoms with E-state index in [1.54, 1.807) is 6.92 Å². The summed E-state index contributed by atoms with van der Waals surface area (Å²) in [6.45, 7) is 8.15. The molecule has 2 nitrogen and oxygen atoms in total. The van der Waals surface area contributed by atoms with Crippen molar-refractivity contribution in [3.05, 3.63) is 12.2 Å².